The van der Waals surface area contributed by atoms with Gasteiger partial charge in [0.05, 0.1) is 0 Å². The maximum Gasteiger partial charge on any atom is 0.224 e. The first kappa shape index (κ1) is 12.2. The van der Waals surface area contributed by atoms with Crippen LogP contribution in [0.5, 0.6) is 0 Å². The minimum Gasteiger partial charge on any atom is -0.432 e. The average molecular weight is 186 g/mol. The van der Waals surface area contributed by atoms with E-state index >= 15 is 0 Å². The highest BCUT2D eigenvalue weighted by molar-refractivity contribution is 6.25. The molecule has 12 heavy (non-hydrogen) atoms. The smallest absolute Gasteiger partial charge is 0.224 e. The second-order valence-corrected chi connectivity index (χ2v) is 4.98. The highest BCUT2D eigenvalue weighted by Crippen LogP contribution is 2.27. The van der Waals surface area contributed by atoms with Crippen molar-refractivity contribution in [2.75, 3.05) is 0 Å². The Kier molecular flexibility index (Phi) is 6.77. The summed E-state index contributed by atoms with van der Waals surface area (Å²) in [6.07, 6.45) is 6.61. The number of hydrogen-bond acceptors (Lipinski definition) is 1. The third kappa shape index (κ3) is 6.86. The summed E-state index contributed by atoms with van der Waals surface area (Å²) in [7, 11) is 0.121. The Bertz CT molecular complexity index is 102. The van der Waals surface area contributed by atoms with E-state index < -0.39 is 0 Å². The zero-order valence-electron chi connectivity index (χ0n) is 8.69. The van der Waals surface area contributed by atoms with Gasteiger partial charge >= 0.3 is 0 Å². The van der Waals surface area contributed by atoms with Crippen LogP contribution in [0.4, 0.5) is 0 Å². The molecule has 0 atom stereocenters. The number of unbranched alkanes of at least 4 members (excludes halogenated alkanes) is 3. The van der Waals surface area contributed by atoms with Crippen molar-refractivity contribution in [3.05, 3.63) is 0 Å². The van der Waals surface area contributed by atoms with Gasteiger partial charge in [0.15, 0.2) is 0 Å². The summed E-state index contributed by atoms with van der Waals surface area (Å²) < 4.78 is 0. The van der Waals surface area contributed by atoms with Gasteiger partial charge in [-0.1, -0.05) is 46.5 Å². The van der Waals surface area contributed by atoms with Crippen LogP contribution in [0.25, 0.3) is 0 Å². The predicted octanol–water partition coefficient (Wildman–Crippen LogP) is 3.01. The summed E-state index contributed by atoms with van der Waals surface area (Å²) >= 11 is 0. The minimum absolute atomic E-state index is 0.121. The lowest BCUT2D eigenvalue weighted by molar-refractivity contribution is 0.347. The van der Waals surface area contributed by atoms with Gasteiger partial charge in [0, 0.05) is 0 Å². The second kappa shape index (κ2) is 6.67. The summed E-state index contributed by atoms with van der Waals surface area (Å²) in [5.41, 5.74) is 0.362. The first-order chi connectivity index (χ1) is 5.62. The molecule has 0 aliphatic carbocycles. The first-order valence-corrected chi connectivity index (χ1v) is 6.15. The third-order valence-electron chi connectivity index (χ3n) is 2.26. The fourth-order valence-electron chi connectivity index (χ4n) is 1.33. The van der Waals surface area contributed by atoms with E-state index in [0.717, 1.165) is 6.04 Å². The van der Waals surface area contributed by atoms with Crippen molar-refractivity contribution in [2.45, 2.75) is 58.9 Å². The van der Waals surface area contributed by atoms with E-state index in [4.69, 9.17) is 4.80 Å². The van der Waals surface area contributed by atoms with Gasteiger partial charge in [0.25, 0.3) is 0 Å². The van der Waals surface area contributed by atoms with E-state index in [1.807, 2.05) is 0 Å². The molecule has 1 nitrogen and oxygen atoms in total. The molecule has 0 aromatic rings. The SMILES string of the molecule is CCCCCCC(C)(C)C[Si]O. The quantitative estimate of drug-likeness (QED) is 0.479. The standard InChI is InChI=1S/C10H22OSi/c1-4-5-6-7-8-10(2,3)9-12-11/h11H,4-9H2,1-3H3. The molecule has 0 aromatic carbocycles. The molecule has 0 saturated carbocycles. The molecule has 0 bridgehead atoms. The van der Waals surface area contributed by atoms with Crippen LogP contribution >= 0.6 is 0 Å². The minimum atomic E-state index is 0.121. The largest absolute Gasteiger partial charge is 0.432 e. The van der Waals surface area contributed by atoms with Crippen molar-refractivity contribution >= 4 is 9.76 Å². The normalized spacial score (nSPS) is 12.0. The van der Waals surface area contributed by atoms with Gasteiger partial charge < -0.3 is 4.80 Å². The predicted molar refractivity (Wildman–Crippen MR) is 55.3 cm³/mol. The van der Waals surface area contributed by atoms with Crippen molar-refractivity contribution in [1.82, 2.24) is 0 Å². The second-order valence-electron chi connectivity index (χ2n) is 4.31. The highest BCUT2D eigenvalue weighted by Gasteiger charge is 2.16. The molecular weight excluding hydrogens is 164 g/mol. The van der Waals surface area contributed by atoms with Crippen molar-refractivity contribution in [2.24, 2.45) is 5.41 Å². The van der Waals surface area contributed by atoms with Gasteiger partial charge in [-0.05, 0) is 17.9 Å². The highest BCUT2D eigenvalue weighted by atomic mass is 28.2. The van der Waals surface area contributed by atoms with Gasteiger partial charge in [0.1, 0.15) is 0 Å². The molecule has 0 unspecified atom stereocenters. The topological polar surface area (TPSA) is 20.2 Å². The molecule has 0 spiro atoms. The van der Waals surface area contributed by atoms with Crippen LogP contribution in [-0.4, -0.2) is 14.6 Å². The Labute approximate surface area is 79.5 Å². The molecule has 2 radical (unpaired) electrons. The van der Waals surface area contributed by atoms with Crippen LogP contribution in [0.15, 0.2) is 0 Å². The third-order valence-corrected chi connectivity index (χ3v) is 3.38. The van der Waals surface area contributed by atoms with E-state index in [9.17, 15) is 0 Å². The fraction of sp³-hybridized carbons (Fsp3) is 1.00. The number of rotatable bonds is 7. The molecule has 0 fully saturated rings. The van der Waals surface area contributed by atoms with Gasteiger partial charge in [-0.15, -0.1) is 0 Å². The molecule has 0 aliphatic heterocycles. The molecule has 0 saturated heterocycles. The Balaban J connectivity index is 3.33. The van der Waals surface area contributed by atoms with Crippen molar-refractivity contribution < 1.29 is 4.80 Å². The van der Waals surface area contributed by atoms with E-state index in [0.29, 0.717) is 5.41 Å². The summed E-state index contributed by atoms with van der Waals surface area (Å²) in [4.78, 5) is 8.83. The summed E-state index contributed by atoms with van der Waals surface area (Å²) in [6.45, 7) is 6.74. The van der Waals surface area contributed by atoms with Gasteiger partial charge in [-0.3, -0.25) is 0 Å². The van der Waals surface area contributed by atoms with E-state index in [2.05, 4.69) is 20.8 Å². The summed E-state index contributed by atoms with van der Waals surface area (Å²) in [5.74, 6) is 0. The molecule has 1 N–H and O–H groups in total. The van der Waals surface area contributed by atoms with Crippen LogP contribution in [0.3, 0.4) is 0 Å². The fourth-order valence-corrected chi connectivity index (χ4v) is 1.94. The Morgan fingerprint density at radius 2 is 1.83 bits per heavy atom. The molecule has 0 rings (SSSR count). The van der Waals surface area contributed by atoms with Crippen LogP contribution in [-0.2, 0) is 0 Å². The van der Waals surface area contributed by atoms with Crippen LogP contribution in [0, 0.1) is 5.41 Å². The maximum absolute atomic E-state index is 8.83. The monoisotopic (exact) mass is 186 g/mol. The van der Waals surface area contributed by atoms with Gasteiger partial charge in [-0.25, -0.2) is 0 Å². The average Bonchev–Trinajstić information content (AvgIpc) is 1.98. The molecule has 0 heterocycles. The lowest BCUT2D eigenvalue weighted by Crippen LogP contribution is -2.13. The van der Waals surface area contributed by atoms with Gasteiger partial charge in [0.2, 0.25) is 9.76 Å². The first-order valence-electron chi connectivity index (χ1n) is 4.99. The van der Waals surface area contributed by atoms with Crippen LogP contribution in [0.2, 0.25) is 6.04 Å². The van der Waals surface area contributed by atoms with E-state index in [1.165, 1.54) is 32.1 Å². The van der Waals surface area contributed by atoms with Crippen LogP contribution < -0.4 is 0 Å². The molecule has 0 amide bonds. The number of hydrogen-bond donors (Lipinski definition) is 1. The summed E-state index contributed by atoms with van der Waals surface area (Å²) in [5, 5.41) is 0. The summed E-state index contributed by atoms with van der Waals surface area (Å²) in [6, 6.07) is 0.971. The maximum atomic E-state index is 8.83. The Morgan fingerprint density at radius 1 is 1.17 bits per heavy atom. The van der Waals surface area contributed by atoms with Crippen LogP contribution in [0.1, 0.15) is 52.9 Å². The zero-order valence-corrected chi connectivity index (χ0v) is 9.69. The Hall–Kier alpha value is 0.177. The molecular formula is C10H22OSi. The van der Waals surface area contributed by atoms with E-state index in [-0.39, 0.29) is 9.76 Å². The Morgan fingerprint density at radius 3 is 2.33 bits per heavy atom. The molecule has 0 aromatic heterocycles. The molecule has 72 valence electrons. The lowest BCUT2D eigenvalue weighted by atomic mass is 9.89. The molecule has 2 heteroatoms. The van der Waals surface area contributed by atoms with Crippen molar-refractivity contribution in [3.63, 3.8) is 0 Å². The van der Waals surface area contributed by atoms with Gasteiger partial charge in [-0.2, -0.15) is 0 Å². The van der Waals surface area contributed by atoms with Crippen molar-refractivity contribution in [1.29, 1.82) is 0 Å². The lowest BCUT2D eigenvalue weighted by Gasteiger charge is -2.22. The van der Waals surface area contributed by atoms with E-state index in [1.54, 1.807) is 0 Å². The van der Waals surface area contributed by atoms with Crippen molar-refractivity contribution in [3.8, 4) is 0 Å². The zero-order chi connectivity index (χ0) is 9.45. The molecule has 0 aliphatic rings.